The van der Waals surface area contributed by atoms with Crippen molar-refractivity contribution in [1.29, 1.82) is 0 Å². The topological polar surface area (TPSA) is 58.6 Å². The zero-order valence-corrected chi connectivity index (χ0v) is 22.1. The minimum atomic E-state index is -0.684. The number of carbonyl (C=O) groups excluding carboxylic acids is 2. The number of aryl methyl sites for hydroxylation is 2. The van der Waals surface area contributed by atoms with Gasteiger partial charge in [-0.3, -0.25) is 9.59 Å². The van der Waals surface area contributed by atoms with E-state index in [2.05, 4.69) is 12.2 Å². The molecule has 0 aliphatic rings. The smallest absolute Gasteiger partial charge is 0.261 e. The molecule has 0 aromatic heterocycles. The van der Waals surface area contributed by atoms with Crippen LogP contribution in [0.4, 0.5) is 0 Å². The van der Waals surface area contributed by atoms with Crippen LogP contribution in [0, 0.1) is 13.8 Å². The van der Waals surface area contributed by atoms with E-state index in [9.17, 15) is 9.59 Å². The summed E-state index contributed by atoms with van der Waals surface area (Å²) in [7, 11) is 0. The normalized spacial score (nSPS) is 11.6. The summed E-state index contributed by atoms with van der Waals surface area (Å²) in [4.78, 5) is 28.6. The second kappa shape index (κ2) is 13.7. The largest absolute Gasteiger partial charge is 0.484 e. The number of halogens is 1. The van der Waals surface area contributed by atoms with Gasteiger partial charge in [-0.2, -0.15) is 0 Å². The molecule has 0 fully saturated rings. The molecular formula is C30H35ClN2O3. The molecule has 0 saturated carbocycles. The van der Waals surface area contributed by atoms with Gasteiger partial charge in [-0.05, 0) is 66.8 Å². The summed E-state index contributed by atoms with van der Waals surface area (Å²) in [6, 6.07) is 22.2. The summed E-state index contributed by atoms with van der Waals surface area (Å²) in [5.74, 6) is 0.209. The Hall–Kier alpha value is -3.31. The number of hydrogen-bond acceptors (Lipinski definition) is 3. The number of nitrogens with zero attached hydrogens (tertiary/aromatic N) is 1. The maximum absolute atomic E-state index is 13.6. The van der Waals surface area contributed by atoms with Gasteiger partial charge in [0.25, 0.3) is 5.91 Å². The Balaban J connectivity index is 1.88. The molecule has 2 amide bonds. The first-order chi connectivity index (χ1) is 17.4. The first-order valence-corrected chi connectivity index (χ1v) is 12.8. The van der Waals surface area contributed by atoms with Crippen molar-refractivity contribution in [2.75, 3.05) is 13.2 Å². The Morgan fingerprint density at radius 3 is 2.33 bits per heavy atom. The van der Waals surface area contributed by atoms with Crippen LogP contribution in [0.5, 0.6) is 5.75 Å². The molecule has 0 bridgehead atoms. The van der Waals surface area contributed by atoms with E-state index in [1.165, 1.54) is 0 Å². The molecule has 36 heavy (non-hydrogen) atoms. The van der Waals surface area contributed by atoms with Gasteiger partial charge in [-0.1, -0.05) is 73.5 Å². The predicted octanol–water partition coefficient (Wildman–Crippen LogP) is 5.89. The van der Waals surface area contributed by atoms with Crippen LogP contribution < -0.4 is 10.1 Å². The van der Waals surface area contributed by atoms with Crippen molar-refractivity contribution in [2.24, 2.45) is 0 Å². The highest BCUT2D eigenvalue weighted by atomic mass is 35.5. The molecule has 3 rings (SSSR count). The van der Waals surface area contributed by atoms with Crippen molar-refractivity contribution in [1.82, 2.24) is 10.2 Å². The summed E-state index contributed by atoms with van der Waals surface area (Å²) in [6.07, 6.45) is 2.26. The molecule has 0 unspecified atom stereocenters. The van der Waals surface area contributed by atoms with E-state index in [0.717, 1.165) is 35.1 Å². The summed E-state index contributed by atoms with van der Waals surface area (Å²) in [6.45, 7) is 6.79. The standard InChI is InChI=1S/C30H35ClN2O3/c1-4-5-17-32-30(35)28(19-24-9-7-6-8-10-24)33(20-25-12-14-26(31)15-13-25)29(34)21-36-27-16-11-22(2)23(3)18-27/h6-16,18,28H,4-5,17,19-21H2,1-3H3,(H,32,35)/t28-/m0/s1. The van der Waals surface area contributed by atoms with Gasteiger partial charge >= 0.3 is 0 Å². The van der Waals surface area contributed by atoms with E-state index in [1.807, 2.05) is 74.5 Å². The van der Waals surface area contributed by atoms with Gasteiger partial charge in [0.15, 0.2) is 6.61 Å². The number of amides is 2. The summed E-state index contributed by atoms with van der Waals surface area (Å²) < 4.78 is 5.88. The highest BCUT2D eigenvalue weighted by molar-refractivity contribution is 6.30. The number of hydrogen-bond donors (Lipinski definition) is 1. The third-order valence-electron chi connectivity index (χ3n) is 6.21. The fraction of sp³-hybridized carbons (Fsp3) is 0.333. The van der Waals surface area contributed by atoms with Crippen LogP contribution in [0.15, 0.2) is 72.8 Å². The molecule has 0 saturated heterocycles. The monoisotopic (exact) mass is 506 g/mol. The first kappa shape index (κ1) is 27.3. The van der Waals surface area contributed by atoms with Crippen molar-refractivity contribution in [3.63, 3.8) is 0 Å². The minimum absolute atomic E-state index is 0.163. The van der Waals surface area contributed by atoms with Crippen LogP contribution in [0.1, 0.15) is 42.0 Å². The van der Waals surface area contributed by atoms with Crippen molar-refractivity contribution in [3.05, 3.63) is 100 Å². The second-order valence-electron chi connectivity index (χ2n) is 9.03. The average molecular weight is 507 g/mol. The number of rotatable bonds is 12. The molecule has 6 heteroatoms. The summed E-state index contributed by atoms with van der Waals surface area (Å²) in [5.41, 5.74) is 4.12. The van der Waals surface area contributed by atoms with E-state index in [4.69, 9.17) is 16.3 Å². The molecule has 0 spiro atoms. The Morgan fingerprint density at radius 1 is 0.944 bits per heavy atom. The molecule has 0 heterocycles. The quantitative estimate of drug-likeness (QED) is 0.311. The van der Waals surface area contributed by atoms with E-state index < -0.39 is 6.04 Å². The molecule has 0 radical (unpaired) electrons. The molecule has 3 aromatic carbocycles. The van der Waals surface area contributed by atoms with E-state index in [-0.39, 0.29) is 25.0 Å². The van der Waals surface area contributed by atoms with E-state index >= 15 is 0 Å². The van der Waals surface area contributed by atoms with Gasteiger partial charge in [-0.25, -0.2) is 0 Å². The lowest BCUT2D eigenvalue weighted by Crippen LogP contribution is -2.51. The van der Waals surface area contributed by atoms with Crippen LogP contribution in [-0.2, 0) is 22.6 Å². The highest BCUT2D eigenvalue weighted by Crippen LogP contribution is 2.19. The maximum Gasteiger partial charge on any atom is 0.261 e. The van der Waals surface area contributed by atoms with Crippen molar-refractivity contribution >= 4 is 23.4 Å². The zero-order chi connectivity index (χ0) is 25.9. The molecule has 3 aromatic rings. The number of ether oxygens (including phenoxy) is 1. The lowest BCUT2D eigenvalue weighted by Gasteiger charge is -2.31. The fourth-order valence-corrected chi connectivity index (χ4v) is 4.00. The third kappa shape index (κ3) is 8.13. The number of nitrogens with one attached hydrogen (secondary N) is 1. The minimum Gasteiger partial charge on any atom is -0.484 e. The Labute approximate surface area is 219 Å². The average Bonchev–Trinajstić information content (AvgIpc) is 2.88. The molecule has 1 atom stereocenters. The SMILES string of the molecule is CCCCNC(=O)[C@H](Cc1ccccc1)N(Cc1ccc(Cl)cc1)C(=O)COc1ccc(C)c(C)c1. The molecule has 1 N–H and O–H groups in total. The molecule has 190 valence electrons. The third-order valence-corrected chi connectivity index (χ3v) is 6.46. The summed E-state index contributed by atoms with van der Waals surface area (Å²) >= 11 is 6.08. The molecule has 0 aliphatic carbocycles. The number of unbranched alkanes of at least 4 members (excludes halogenated alkanes) is 1. The number of carbonyl (C=O) groups is 2. The Bertz CT molecular complexity index is 1130. The molecule has 5 nitrogen and oxygen atoms in total. The number of benzene rings is 3. The second-order valence-corrected chi connectivity index (χ2v) is 9.47. The van der Waals surface area contributed by atoms with Crippen LogP contribution in [0.25, 0.3) is 0 Å². The molecule has 0 aliphatic heterocycles. The van der Waals surface area contributed by atoms with Crippen LogP contribution in [0.2, 0.25) is 5.02 Å². The van der Waals surface area contributed by atoms with Gasteiger partial charge in [0.1, 0.15) is 11.8 Å². The van der Waals surface area contributed by atoms with Gasteiger partial charge < -0.3 is 15.0 Å². The molecular weight excluding hydrogens is 472 g/mol. The van der Waals surface area contributed by atoms with Gasteiger partial charge in [0.2, 0.25) is 5.91 Å². The van der Waals surface area contributed by atoms with Gasteiger partial charge in [-0.15, -0.1) is 0 Å². The van der Waals surface area contributed by atoms with E-state index in [0.29, 0.717) is 23.7 Å². The van der Waals surface area contributed by atoms with Gasteiger partial charge in [0, 0.05) is 24.5 Å². The Kier molecular flexibility index (Phi) is 10.4. The highest BCUT2D eigenvalue weighted by Gasteiger charge is 2.30. The first-order valence-electron chi connectivity index (χ1n) is 12.4. The van der Waals surface area contributed by atoms with E-state index in [1.54, 1.807) is 17.0 Å². The lowest BCUT2D eigenvalue weighted by molar-refractivity contribution is -0.142. The van der Waals surface area contributed by atoms with Crippen molar-refractivity contribution in [3.8, 4) is 5.75 Å². The van der Waals surface area contributed by atoms with Crippen molar-refractivity contribution in [2.45, 2.75) is 52.6 Å². The lowest BCUT2D eigenvalue weighted by atomic mass is 10.0. The van der Waals surface area contributed by atoms with Gasteiger partial charge in [0.05, 0.1) is 0 Å². The van der Waals surface area contributed by atoms with Crippen LogP contribution in [-0.4, -0.2) is 35.9 Å². The predicted molar refractivity (Wildman–Crippen MR) is 145 cm³/mol. The van der Waals surface area contributed by atoms with Crippen LogP contribution >= 0.6 is 11.6 Å². The maximum atomic E-state index is 13.6. The fourth-order valence-electron chi connectivity index (χ4n) is 3.88. The zero-order valence-electron chi connectivity index (χ0n) is 21.3. The Morgan fingerprint density at radius 2 is 1.67 bits per heavy atom. The van der Waals surface area contributed by atoms with Crippen molar-refractivity contribution < 1.29 is 14.3 Å². The van der Waals surface area contributed by atoms with Crippen LogP contribution in [0.3, 0.4) is 0 Å². The summed E-state index contributed by atoms with van der Waals surface area (Å²) in [5, 5.41) is 3.65.